The highest BCUT2D eigenvalue weighted by atomic mass is 16.2. The van der Waals surface area contributed by atoms with Crippen LogP contribution in [0, 0.1) is 0 Å². The summed E-state index contributed by atoms with van der Waals surface area (Å²) in [6.45, 7) is 2.64. The molecule has 1 saturated heterocycles. The minimum Gasteiger partial charge on any atom is -0.324 e. The number of benzene rings is 2. The Kier molecular flexibility index (Phi) is 4.84. The van der Waals surface area contributed by atoms with Crippen molar-refractivity contribution >= 4 is 11.7 Å². The van der Waals surface area contributed by atoms with E-state index in [2.05, 4.69) is 42.5 Å². The lowest BCUT2D eigenvalue weighted by molar-refractivity contribution is 0.216. The Morgan fingerprint density at radius 3 is 2.25 bits per heavy atom. The van der Waals surface area contributed by atoms with Crippen LogP contribution >= 0.6 is 0 Å². The van der Waals surface area contributed by atoms with Crippen LogP contribution in [0.2, 0.25) is 0 Å². The zero-order chi connectivity index (χ0) is 18.9. The van der Waals surface area contributed by atoms with Gasteiger partial charge in [0, 0.05) is 25.3 Å². The number of hydrogen-bond donors (Lipinski definition) is 0. The van der Waals surface area contributed by atoms with E-state index in [9.17, 15) is 4.79 Å². The molecule has 1 saturated carbocycles. The maximum Gasteiger partial charge on any atom is 0.324 e. The van der Waals surface area contributed by atoms with Gasteiger partial charge in [-0.3, -0.25) is 4.90 Å². The molecule has 5 rings (SSSR count). The number of carbonyl (C=O) groups is 1. The topological polar surface area (TPSA) is 23.6 Å². The molecule has 146 valence electrons. The van der Waals surface area contributed by atoms with Gasteiger partial charge in [-0.15, -0.1) is 0 Å². The fourth-order valence-corrected chi connectivity index (χ4v) is 5.24. The predicted molar refractivity (Wildman–Crippen MR) is 115 cm³/mol. The Labute approximate surface area is 168 Å². The van der Waals surface area contributed by atoms with Crippen molar-refractivity contribution in [1.29, 1.82) is 0 Å². The summed E-state index contributed by atoms with van der Waals surface area (Å²) in [5, 5.41) is 0. The van der Waals surface area contributed by atoms with Gasteiger partial charge in [-0.1, -0.05) is 49.6 Å². The highest BCUT2D eigenvalue weighted by molar-refractivity contribution is 5.95. The molecular weight excluding hydrogens is 344 g/mol. The van der Waals surface area contributed by atoms with Crippen molar-refractivity contribution in [3.63, 3.8) is 0 Å². The number of likely N-dealkylation sites (tertiary alicyclic amines) is 1. The highest BCUT2D eigenvalue weighted by Crippen LogP contribution is 2.36. The quantitative estimate of drug-likeness (QED) is 0.634. The van der Waals surface area contributed by atoms with E-state index in [1.165, 1.54) is 54.4 Å². The van der Waals surface area contributed by atoms with Crippen molar-refractivity contribution in [3.05, 3.63) is 53.6 Å². The van der Waals surface area contributed by atoms with Crippen LogP contribution in [-0.4, -0.2) is 30.6 Å². The lowest BCUT2D eigenvalue weighted by Crippen LogP contribution is -2.40. The molecule has 0 unspecified atom stereocenters. The average molecular weight is 375 g/mol. The summed E-state index contributed by atoms with van der Waals surface area (Å²) < 4.78 is 0. The van der Waals surface area contributed by atoms with Gasteiger partial charge in [0.05, 0.1) is 0 Å². The van der Waals surface area contributed by atoms with E-state index in [0.29, 0.717) is 0 Å². The minimum atomic E-state index is 0.195. The summed E-state index contributed by atoms with van der Waals surface area (Å²) in [5.41, 5.74) is 6.48. The van der Waals surface area contributed by atoms with Crippen LogP contribution in [0.25, 0.3) is 11.1 Å². The zero-order valence-electron chi connectivity index (χ0n) is 16.7. The molecule has 0 radical (unpaired) electrons. The second-order valence-electron chi connectivity index (χ2n) is 8.68. The molecule has 3 heteroatoms. The molecular formula is C25H30N2O. The maximum absolute atomic E-state index is 12.8. The van der Waals surface area contributed by atoms with Crippen molar-refractivity contribution < 1.29 is 4.79 Å². The summed E-state index contributed by atoms with van der Waals surface area (Å²) >= 11 is 0. The maximum atomic E-state index is 12.8. The Hall–Kier alpha value is -2.29. The van der Waals surface area contributed by atoms with E-state index < -0.39 is 0 Å². The van der Waals surface area contributed by atoms with Gasteiger partial charge in [-0.05, 0) is 72.4 Å². The lowest BCUT2D eigenvalue weighted by Gasteiger charge is -2.24. The summed E-state index contributed by atoms with van der Waals surface area (Å²) in [5.74, 6) is 0.757. The van der Waals surface area contributed by atoms with Crippen molar-refractivity contribution in [3.8, 4) is 11.1 Å². The molecule has 2 aromatic carbocycles. The minimum absolute atomic E-state index is 0.195. The number of urea groups is 1. The molecule has 2 aromatic rings. The van der Waals surface area contributed by atoms with Crippen LogP contribution in [0.15, 0.2) is 42.5 Å². The number of fused-ring (bicyclic) bond motifs is 1. The SMILES string of the molecule is O=C(N1CCCC1)N1CCc2cc(-c3ccc(C4CCCCC4)cc3)ccc21. The smallest absolute Gasteiger partial charge is 0.324 e. The first-order valence-electron chi connectivity index (χ1n) is 11.1. The van der Waals surface area contributed by atoms with Gasteiger partial charge in [0.2, 0.25) is 0 Å². The molecule has 0 aromatic heterocycles. The van der Waals surface area contributed by atoms with Crippen LogP contribution < -0.4 is 4.90 Å². The number of anilines is 1. The zero-order valence-corrected chi connectivity index (χ0v) is 16.7. The van der Waals surface area contributed by atoms with Crippen LogP contribution in [-0.2, 0) is 6.42 Å². The monoisotopic (exact) mass is 374 g/mol. The number of nitrogens with zero attached hydrogens (tertiary/aromatic N) is 2. The van der Waals surface area contributed by atoms with Crippen LogP contribution in [0.4, 0.5) is 10.5 Å². The Morgan fingerprint density at radius 2 is 1.50 bits per heavy atom. The first-order chi connectivity index (χ1) is 13.8. The molecule has 2 fully saturated rings. The highest BCUT2D eigenvalue weighted by Gasteiger charge is 2.29. The molecule has 0 N–H and O–H groups in total. The van der Waals surface area contributed by atoms with Gasteiger partial charge < -0.3 is 4.90 Å². The van der Waals surface area contributed by atoms with Gasteiger partial charge in [0.1, 0.15) is 0 Å². The Bertz CT molecular complexity index is 845. The van der Waals surface area contributed by atoms with Gasteiger partial charge in [-0.25, -0.2) is 4.79 Å². The number of rotatable bonds is 2. The van der Waals surface area contributed by atoms with Crippen LogP contribution in [0.5, 0.6) is 0 Å². The van der Waals surface area contributed by atoms with Crippen molar-refractivity contribution in [2.45, 2.75) is 57.3 Å². The normalized spacial score (nSPS) is 19.9. The van der Waals surface area contributed by atoms with Crippen LogP contribution in [0.1, 0.15) is 62.0 Å². The van der Waals surface area contributed by atoms with E-state index in [1.54, 1.807) is 0 Å². The van der Waals surface area contributed by atoms with Crippen molar-refractivity contribution in [2.24, 2.45) is 0 Å². The fourth-order valence-electron chi connectivity index (χ4n) is 5.24. The third-order valence-corrected chi connectivity index (χ3v) is 6.90. The lowest BCUT2D eigenvalue weighted by atomic mass is 9.83. The number of hydrogen-bond acceptors (Lipinski definition) is 1. The van der Waals surface area contributed by atoms with Gasteiger partial charge in [-0.2, -0.15) is 0 Å². The third-order valence-electron chi connectivity index (χ3n) is 6.90. The second kappa shape index (κ2) is 7.62. The van der Waals surface area contributed by atoms with E-state index in [0.717, 1.165) is 50.5 Å². The standard InChI is InChI=1S/C25H30N2O/c28-25(26-15-4-5-16-26)27-17-14-23-18-22(12-13-24(23)27)21-10-8-20(9-11-21)19-6-2-1-3-7-19/h8-13,18-19H,1-7,14-17H2. The molecule has 28 heavy (non-hydrogen) atoms. The van der Waals surface area contributed by atoms with Crippen molar-refractivity contribution in [2.75, 3.05) is 24.5 Å². The molecule has 0 atom stereocenters. The molecule has 0 spiro atoms. The second-order valence-corrected chi connectivity index (χ2v) is 8.68. The average Bonchev–Trinajstić information content (AvgIpc) is 3.44. The molecule has 0 bridgehead atoms. The summed E-state index contributed by atoms with van der Waals surface area (Å²) in [6, 6.07) is 16.1. The van der Waals surface area contributed by atoms with Gasteiger partial charge in [0.15, 0.2) is 0 Å². The largest absolute Gasteiger partial charge is 0.324 e. The Morgan fingerprint density at radius 1 is 0.786 bits per heavy atom. The molecule has 1 aliphatic carbocycles. The van der Waals surface area contributed by atoms with E-state index in [-0.39, 0.29) is 6.03 Å². The third kappa shape index (κ3) is 3.32. The van der Waals surface area contributed by atoms with Gasteiger partial charge >= 0.3 is 6.03 Å². The predicted octanol–water partition coefficient (Wildman–Crippen LogP) is 5.98. The van der Waals surface area contributed by atoms with E-state index >= 15 is 0 Å². The van der Waals surface area contributed by atoms with Crippen molar-refractivity contribution in [1.82, 2.24) is 4.90 Å². The molecule has 3 nitrogen and oxygen atoms in total. The number of amides is 2. The molecule has 2 amide bonds. The first-order valence-corrected chi connectivity index (χ1v) is 11.1. The summed E-state index contributed by atoms with van der Waals surface area (Å²) in [4.78, 5) is 16.8. The van der Waals surface area contributed by atoms with Gasteiger partial charge in [0.25, 0.3) is 0 Å². The molecule has 2 aliphatic heterocycles. The Balaban J connectivity index is 1.34. The van der Waals surface area contributed by atoms with Crippen LogP contribution in [0.3, 0.4) is 0 Å². The number of carbonyl (C=O) groups excluding carboxylic acids is 1. The summed E-state index contributed by atoms with van der Waals surface area (Å²) in [7, 11) is 0. The van der Waals surface area contributed by atoms with E-state index in [4.69, 9.17) is 0 Å². The first kappa shape index (κ1) is 17.8. The van der Waals surface area contributed by atoms with E-state index in [1.807, 2.05) is 9.80 Å². The summed E-state index contributed by atoms with van der Waals surface area (Å²) in [6.07, 6.45) is 10.1. The fraction of sp³-hybridized carbons (Fsp3) is 0.480. The molecule has 3 aliphatic rings. The molecule has 2 heterocycles.